The van der Waals surface area contributed by atoms with E-state index in [0.717, 1.165) is 17.2 Å². The fourth-order valence-corrected chi connectivity index (χ4v) is 3.12. The molecule has 0 aliphatic carbocycles. The Bertz CT molecular complexity index is 675. The molecule has 0 saturated heterocycles. The van der Waals surface area contributed by atoms with Gasteiger partial charge in [0.05, 0.1) is 10.6 Å². The van der Waals surface area contributed by atoms with Crippen molar-refractivity contribution >= 4 is 16.5 Å². The number of hydrogen-bond acceptors (Lipinski definition) is 3. The van der Waals surface area contributed by atoms with E-state index in [1.807, 2.05) is 19.2 Å². The molecule has 3 rings (SSSR count). The molecule has 0 amide bonds. The van der Waals surface area contributed by atoms with Crippen LogP contribution in [-0.4, -0.2) is 12.0 Å². The van der Waals surface area contributed by atoms with Gasteiger partial charge in [-0.25, -0.2) is 4.98 Å². The maximum atomic E-state index is 4.71. The smallest absolute Gasteiger partial charge is 0.183 e. The van der Waals surface area contributed by atoms with E-state index in [1.165, 1.54) is 16.0 Å². The van der Waals surface area contributed by atoms with E-state index in [4.69, 9.17) is 4.98 Å². The standard InChI is InChI=1S/C17H16N2S/c1-18-17-19-15(12-13-8-4-2-5-9-13)16(20-17)14-10-6-3-7-11-14/h2-11H,12H2,1H3,(H,18,19). The molecular weight excluding hydrogens is 264 g/mol. The predicted octanol–water partition coefficient (Wildman–Crippen LogP) is 4.44. The molecule has 2 nitrogen and oxygen atoms in total. The lowest BCUT2D eigenvalue weighted by atomic mass is 10.1. The average Bonchev–Trinajstić information content (AvgIpc) is 2.92. The van der Waals surface area contributed by atoms with E-state index in [0.29, 0.717) is 0 Å². The first-order valence-electron chi connectivity index (χ1n) is 6.63. The zero-order valence-electron chi connectivity index (χ0n) is 11.3. The number of nitrogens with zero attached hydrogens (tertiary/aromatic N) is 1. The Labute approximate surface area is 123 Å². The summed E-state index contributed by atoms with van der Waals surface area (Å²) < 4.78 is 0. The van der Waals surface area contributed by atoms with Gasteiger partial charge in [-0.05, 0) is 11.1 Å². The minimum absolute atomic E-state index is 0.864. The highest BCUT2D eigenvalue weighted by Gasteiger charge is 2.12. The van der Waals surface area contributed by atoms with Crippen molar-refractivity contribution in [3.8, 4) is 10.4 Å². The average molecular weight is 280 g/mol. The van der Waals surface area contributed by atoms with Gasteiger partial charge >= 0.3 is 0 Å². The van der Waals surface area contributed by atoms with Gasteiger partial charge in [-0.3, -0.25) is 0 Å². The van der Waals surface area contributed by atoms with Crippen LogP contribution in [0.5, 0.6) is 0 Å². The van der Waals surface area contributed by atoms with Crippen molar-refractivity contribution in [3.63, 3.8) is 0 Å². The molecule has 0 bridgehead atoms. The summed E-state index contributed by atoms with van der Waals surface area (Å²) in [7, 11) is 1.92. The second-order valence-corrected chi connectivity index (χ2v) is 5.57. The van der Waals surface area contributed by atoms with Gasteiger partial charge in [0, 0.05) is 13.5 Å². The molecule has 1 heterocycles. The van der Waals surface area contributed by atoms with Gasteiger partial charge in [0.15, 0.2) is 5.13 Å². The maximum Gasteiger partial charge on any atom is 0.183 e. The van der Waals surface area contributed by atoms with E-state index in [2.05, 4.69) is 53.8 Å². The Balaban J connectivity index is 2.00. The van der Waals surface area contributed by atoms with Gasteiger partial charge in [-0.2, -0.15) is 0 Å². The number of aromatic nitrogens is 1. The first kappa shape index (κ1) is 12.9. The summed E-state index contributed by atoms with van der Waals surface area (Å²) in [4.78, 5) is 5.96. The predicted molar refractivity (Wildman–Crippen MR) is 86.3 cm³/mol. The maximum absolute atomic E-state index is 4.71. The van der Waals surface area contributed by atoms with Crippen molar-refractivity contribution in [1.29, 1.82) is 0 Å². The third-order valence-electron chi connectivity index (χ3n) is 3.16. The fraction of sp³-hybridized carbons (Fsp3) is 0.118. The molecule has 0 aliphatic rings. The quantitative estimate of drug-likeness (QED) is 0.764. The lowest BCUT2D eigenvalue weighted by molar-refractivity contribution is 1.11. The van der Waals surface area contributed by atoms with Gasteiger partial charge in [0.2, 0.25) is 0 Å². The van der Waals surface area contributed by atoms with E-state index >= 15 is 0 Å². The second kappa shape index (κ2) is 5.88. The fourth-order valence-electron chi connectivity index (χ4n) is 2.18. The molecule has 0 fully saturated rings. The van der Waals surface area contributed by atoms with Crippen LogP contribution in [0.2, 0.25) is 0 Å². The topological polar surface area (TPSA) is 24.9 Å². The molecule has 2 aromatic carbocycles. The van der Waals surface area contributed by atoms with Crippen LogP contribution >= 0.6 is 11.3 Å². The van der Waals surface area contributed by atoms with Crippen molar-refractivity contribution in [2.24, 2.45) is 0 Å². The van der Waals surface area contributed by atoms with Crippen molar-refractivity contribution < 1.29 is 0 Å². The Hall–Kier alpha value is -2.13. The van der Waals surface area contributed by atoms with Crippen LogP contribution in [-0.2, 0) is 6.42 Å². The summed E-state index contributed by atoms with van der Waals surface area (Å²) in [6.45, 7) is 0. The summed E-state index contributed by atoms with van der Waals surface area (Å²) in [5.41, 5.74) is 3.66. The van der Waals surface area contributed by atoms with Gasteiger partial charge in [0.25, 0.3) is 0 Å². The van der Waals surface area contributed by atoms with Gasteiger partial charge in [-0.15, -0.1) is 0 Å². The van der Waals surface area contributed by atoms with Crippen molar-refractivity contribution in [2.75, 3.05) is 12.4 Å². The highest BCUT2D eigenvalue weighted by atomic mass is 32.1. The van der Waals surface area contributed by atoms with E-state index in [1.54, 1.807) is 11.3 Å². The molecule has 0 saturated carbocycles. The minimum Gasteiger partial charge on any atom is -0.365 e. The zero-order chi connectivity index (χ0) is 13.8. The van der Waals surface area contributed by atoms with Gasteiger partial charge in [-0.1, -0.05) is 72.0 Å². The summed E-state index contributed by atoms with van der Waals surface area (Å²) >= 11 is 1.71. The minimum atomic E-state index is 0.864. The van der Waals surface area contributed by atoms with Gasteiger partial charge < -0.3 is 5.32 Å². The van der Waals surface area contributed by atoms with E-state index in [-0.39, 0.29) is 0 Å². The molecule has 100 valence electrons. The molecule has 0 aliphatic heterocycles. The molecule has 20 heavy (non-hydrogen) atoms. The number of benzene rings is 2. The lowest BCUT2D eigenvalue weighted by Crippen LogP contribution is -1.92. The van der Waals surface area contributed by atoms with Crippen LogP contribution in [0.1, 0.15) is 11.3 Å². The molecule has 1 aromatic heterocycles. The van der Waals surface area contributed by atoms with Gasteiger partial charge in [0.1, 0.15) is 0 Å². The van der Waals surface area contributed by atoms with Crippen LogP contribution in [0.3, 0.4) is 0 Å². The van der Waals surface area contributed by atoms with Crippen molar-refractivity contribution in [3.05, 3.63) is 71.9 Å². The Morgan fingerprint density at radius 1 is 0.950 bits per heavy atom. The third kappa shape index (κ3) is 2.73. The molecule has 0 radical (unpaired) electrons. The molecular formula is C17H16N2S. The van der Waals surface area contributed by atoms with E-state index < -0.39 is 0 Å². The first-order valence-corrected chi connectivity index (χ1v) is 7.45. The SMILES string of the molecule is CNc1nc(Cc2ccccc2)c(-c2ccccc2)s1. The largest absolute Gasteiger partial charge is 0.365 e. The van der Waals surface area contributed by atoms with Crippen LogP contribution < -0.4 is 5.32 Å². The van der Waals surface area contributed by atoms with Crippen molar-refractivity contribution in [2.45, 2.75) is 6.42 Å². The normalized spacial score (nSPS) is 10.4. The number of nitrogens with one attached hydrogen (secondary N) is 1. The highest BCUT2D eigenvalue weighted by molar-refractivity contribution is 7.19. The molecule has 1 N–H and O–H groups in total. The van der Waals surface area contributed by atoms with Crippen molar-refractivity contribution in [1.82, 2.24) is 4.98 Å². The Kier molecular flexibility index (Phi) is 3.79. The first-order chi connectivity index (χ1) is 9.86. The Morgan fingerprint density at radius 2 is 1.60 bits per heavy atom. The molecule has 3 aromatic rings. The zero-order valence-corrected chi connectivity index (χ0v) is 12.2. The lowest BCUT2D eigenvalue weighted by Gasteiger charge is -2.02. The monoisotopic (exact) mass is 280 g/mol. The summed E-state index contributed by atoms with van der Waals surface area (Å²) in [6.07, 6.45) is 0.864. The van der Waals surface area contributed by atoms with Crippen LogP contribution in [0.15, 0.2) is 60.7 Å². The van der Waals surface area contributed by atoms with Crippen LogP contribution in [0.25, 0.3) is 10.4 Å². The van der Waals surface area contributed by atoms with Crippen LogP contribution in [0, 0.1) is 0 Å². The number of anilines is 1. The number of hydrogen-bond donors (Lipinski definition) is 1. The third-order valence-corrected chi connectivity index (χ3v) is 4.33. The number of rotatable bonds is 4. The molecule has 0 spiro atoms. The second-order valence-electron chi connectivity index (χ2n) is 4.57. The Morgan fingerprint density at radius 3 is 2.25 bits per heavy atom. The molecule has 0 unspecified atom stereocenters. The molecule has 0 atom stereocenters. The highest BCUT2D eigenvalue weighted by Crippen LogP contribution is 2.34. The summed E-state index contributed by atoms with van der Waals surface area (Å²) in [5, 5.41) is 4.12. The summed E-state index contributed by atoms with van der Waals surface area (Å²) in [6, 6.07) is 20.9. The van der Waals surface area contributed by atoms with Crippen LogP contribution in [0.4, 0.5) is 5.13 Å². The number of thiazole rings is 1. The molecule has 3 heteroatoms. The van der Waals surface area contributed by atoms with E-state index in [9.17, 15) is 0 Å². The summed E-state index contributed by atoms with van der Waals surface area (Å²) in [5.74, 6) is 0.